The van der Waals surface area contributed by atoms with E-state index in [1.54, 1.807) is 0 Å². The molecule has 0 aromatic heterocycles. The lowest BCUT2D eigenvalue weighted by molar-refractivity contribution is 0.135. The Morgan fingerprint density at radius 1 is 0.394 bits per heavy atom. The Morgan fingerprint density at radius 2 is 0.697 bits per heavy atom. The highest BCUT2D eigenvalue weighted by Crippen LogP contribution is 2.24. The summed E-state index contributed by atoms with van der Waals surface area (Å²) in [5, 5.41) is 0. The predicted octanol–water partition coefficient (Wildman–Crippen LogP) is 10.4. The topological polar surface area (TPSA) is 6.48 Å². The van der Waals surface area contributed by atoms with E-state index in [9.17, 15) is 0 Å². The first-order chi connectivity index (χ1) is 16.3. The van der Waals surface area contributed by atoms with E-state index in [0.29, 0.717) is 6.17 Å². The maximum Gasteiger partial charge on any atom is 0.101 e. The third-order valence-corrected chi connectivity index (χ3v) is 7.57. The third kappa shape index (κ3) is 16.6. The zero-order valence-corrected chi connectivity index (χ0v) is 23.3. The molecule has 0 amide bonds. The van der Waals surface area contributed by atoms with Gasteiger partial charge in [-0.3, -0.25) is 0 Å². The molecular weight excluding hydrogens is 400 g/mol. The van der Waals surface area contributed by atoms with Crippen molar-refractivity contribution >= 4 is 0 Å². The van der Waals surface area contributed by atoms with Crippen molar-refractivity contribution in [1.29, 1.82) is 0 Å². The molecule has 2 nitrogen and oxygen atoms in total. The number of nitrogens with zero attached hydrogens (tertiary/aromatic N) is 2. The van der Waals surface area contributed by atoms with Gasteiger partial charge in [-0.25, -0.2) is 0 Å². The molecule has 33 heavy (non-hydrogen) atoms. The maximum atomic E-state index is 2.69. The lowest BCUT2D eigenvalue weighted by Gasteiger charge is -2.33. The molecule has 196 valence electrons. The Kier molecular flexibility index (Phi) is 21.3. The van der Waals surface area contributed by atoms with Crippen LogP contribution in [0, 0.1) is 0 Å². The third-order valence-electron chi connectivity index (χ3n) is 7.57. The molecule has 0 saturated heterocycles. The van der Waals surface area contributed by atoms with Gasteiger partial charge in [-0.05, 0) is 25.7 Å². The smallest absolute Gasteiger partial charge is 0.101 e. The van der Waals surface area contributed by atoms with Crippen molar-refractivity contribution in [2.45, 2.75) is 175 Å². The maximum absolute atomic E-state index is 2.69. The van der Waals surface area contributed by atoms with Gasteiger partial charge in [-0.15, -0.1) is 0 Å². The van der Waals surface area contributed by atoms with Gasteiger partial charge in [0.05, 0.1) is 0 Å². The zero-order chi connectivity index (χ0) is 23.8. The number of hydrogen-bond acceptors (Lipinski definition) is 2. The lowest BCUT2D eigenvalue weighted by Crippen LogP contribution is -2.39. The fraction of sp³-hybridized carbons (Fsp3) is 0.935. The highest BCUT2D eigenvalue weighted by Gasteiger charge is 2.24. The van der Waals surface area contributed by atoms with Crippen LogP contribution >= 0.6 is 0 Å². The Labute approximate surface area is 210 Å². The van der Waals surface area contributed by atoms with Crippen LogP contribution in [0.1, 0.15) is 168 Å². The first-order valence-electron chi connectivity index (χ1n) is 15.5. The second-order valence-electron chi connectivity index (χ2n) is 10.8. The molecule has 0 N–H and O–H groups in total. The molecule has 0 bridgehead atoms. The van der Waals surface area contributed by atoms with E-state index in [4.69, 9.17) is 0 Å². The summed E-state index contributed by atoms with van der Waals surface area (Å²) in [6.07, 6.45) is 38.0. The molecule has 0 atom stereocenters. The van der Waals surface area contributed by atoms with E-state index in [1.807, 2.05) is 0 Å². The summed E-state index contributed by atoms with van der Waals surface area (Å²) in [5.41, 5.74) is 0. The van der Waals surface area contributed by atoms with Gasteiger partial charge in [0.25, 0.3) is 0 Å². The van der Waals surface area contributed by atoms with E-state index in [2.05, 4.69) is 43.0 Å². The summed E-state index contributed by atoms with van der Waals surface area (Å²) in [6, 6.07) is 0. The van der Waals surface area contributed by atoms with Crippen LogP contribution in [0.4, 0.5) is 0 Å². The minimum atomic E-state index is 0.644. The molecule has 1 rings (SSSR count). The fourth-order valence-corrected chi connectivity index (χ4v) is 5.30. The molecule has 2 heteroatoms. The van der Waals surface area contributed by atoms with Gasteiger partial charge in [-0.1, -0.05) is 143 Å². The van der Waals surface area contributed by atoms with E-state index < -0.39 is 0 Å². The Morgan fingerprint density at radius 3 is 1.06 bits per heavy atom. The van der Waals surface area contributed by atoms with Crippen LogP contribution in [0.25, 0.3) is 0 Å². The van der Waals surface area contributed by atoms with Gasteiger partial charge in [0, 0.05) is 25.5 Å². The number of rotatable bonds is 25. The highest BCUT2D eigenvalue weighted by atomic mass is 15.4. The molecule has 0 fully saturated rings. The highest BCUT2D eigenvalue weighted by molar-refractivity contribution is 4.97. The van der Waals surface area contributed by atoms with Crippen molar-refractivity contribution < 1.29 is 0 Å². The number of hydrogen-bond donors (Lipinski definition) is 0. The van der Waals surface area contributed by atoms with E-state index in [1.165, 1.54) is 161 Å². The standard InChI is InChI=1S/C31H62N2/c1-4-7-10-13-16-17-18-19-20-23-26-31-32(27-24-21-14-11-8-5-2)29-30-33(31)28-25-22-15-12-9-6-3/h29-31H,4-28H2,1-3H3. The molecule has 0 unspecified atom stereocenters. The van der Waals surface area contributed by atoms with Crippen LogP contribution < -0.4 is 0 Å². The van der Waals surface area contributed by atoms with Crippen LogP contribution in [0.3, 0.4) is 0 Å². The van der Waals surface area contributed by atoms with Gasteiger partial charge in [0.1, 0.15) is 6.17 Å². The SMILES string of the molecule is CCCCCCCCCCCCC1N(CCCCCCCC)C=CN1CCCCCCCC. The minimum absolute atomic E-state index is 0.644. The normalized spacial score (nSPS) is 14.2. The van der Waals surface area contributed by atoms with Crippen molar-refractivity contribution in [1.82, 2.24) is 9.80 Å². The van der Waals surface area contributed by atoms with Crippen molar-refractivity contribution in [3.05, 3.63) is 12.4 Å². The first kappa shape index (κ1) is 30.4. The Balaban J connectivity index is 2.26. The van der Waals surface area contributed by atoms with Gasteiger partial charge in [0.15, 0.2) is 0 Å². The van der Waals surface area contributed by atoms with Crippen molar-refractivity contribution in [3.8, 4) is 0 Å². The predicted molar refractivity (Wildman–Crippen MR) is 150 cm³/mol. The molecule has 1 aliphatic heterocycles. The average Bonchev–Trinajstić information content (AvgIpc) is 3.21. The summed E-state index contributed by atoms with van der Waals surface area (Å²) in [7, 11) is 0. The van der Waals surface area contributed by atoms with Gasteiger partial charge in [0.2, 0.25) is 0 Å². The summed E-state index contributed by atoms with van der Waals surface area (Å²) in [6.45, 7) is 9.46. The van der Waals surface area contributed by atoms with Crippen molar-refractivity contribution in [3.63, 3.8) is 0 Å². The Bertz CT molecular complexity index is 393. The minimum Gasteiger partial charge on any atom is -0.356 e. The fourth-order valence-electron chi connectivity index (χ4n) is 5.30. The largest absolute Gasteiger partial charge is 0.356 e. The summed E-state index contributed by atoms with van der Waals surface area (Å²) >= 11 is 0. The molecule has 0 aromatic rings. The van der Waals surface area contributed by atoms with Crippen LogP contribution in [-0.4, -0.2) is 29.1 Å². The first-order valence-corrected chi connectivity index (χ1v) is 15.5. The van der Waals surface area contributed by atoms with Crippen molar-refractivity contribution in [2.24, 2.45) is 0 Å². The van der Waals surface area contributed by atoms with E-state index in [-0.39, 0.29) is 0 Å². The molecule has 0 aliphatic carbocycles. The Hall–Kier alpha value is -0.660. The summed E-state index contributed by atoms with van der Waals surface area (Å²) in [5.74, 6) is 0. The van der Waals surface area contributed by atoms with Crippen LogP contribution in [-0.2, 0) is 0 Å². The van der Waals surface area contributed by atoms with Crippen LogP contribution in [0.5, 0.6) is 0 Å². The lowest BCUT2D eigenvalue weighted by atomic mass is 10.0. The average molecular weight is 463 g/mol. The van der Waals surface area contributed by atoms with Gasteiger partial charge in [-0.2, -0.15) is 0 Å². The molecule has 0 spiro atoms. The second kappa shape index (κ2) is 23.1. The molecule has 0 radical (unpaired) electrons. The summed E-state index contributed by atoms with van der Waals surface area (Å²) < 4.78 is 0. The molecule has 0 aromatic carbocycles. The monoisotopic (exact) mass is 462 g/mol. The van der Waals surface area contributed by atoms with Gasteiger partial charge < -0.3 is 9.80 Å². The van der Waals surface area contributed by atoms with Crippen molar-refractivity contribution in [2.75, 3.05) is 13.1 Å². The van der Waals surface area contributed by atoms with Crippen LogP contribution in [0.2, 0.25) is 0 Å². The molecule has 0 saturated carbocycles. The summed E-state index contributed by atoms with van der Waals surface area (Å²) in [4.78, 5) is 5.37. The van der Waals surface area contributed by atoms with Gasteiger partial charge >= 0.3 is 0 Å². The van der Waals surface area contributed by atoms with E-state index >= 15 is 0 Å². The van der Waals surface area contributed by atoms with Crippen LogP contribution in [0.15, 0.2) is 12.4 Å². The molecular formula is C31H62N2. The molecule has 1 aliphatic rings. The van der Waals surface area contributed by atoms with E-state index in [0.717, 1.165) is 0 Å². The second-order valence-corrected chi connectivity index (χ2v) is 10.8. The number of unbranched alkanes of at least 4 members (excludes halogenated alkanes) is 19. The molecule has 1 heterocycles. The quantitative estimate of drug-likeness (QED) is 0.124. The zero-order valence-electron chi connectivity index (χ0n) is 23.3.